The molecule has 1 aliphatic rings. The lowest BCUT2D eigenvalue weighted by Gasteiger charge is -2.43. The maximum atomic E-state index is 14.4. The summed E-state index contributed by atoms with van der Waals surface area (Å²) in [6, 6.07) is 20.4. The predicted octanol–water partition coefficient (Wildman–Crippen LogP) is 6.56. The van der Waals surface area contributed by atoms with E-state index in [0.29, 0.717) is 5.92 Å². The van der Waals surface area contributed by atoms with E-state index >= 15 is 0 Å². The molecule has 1 nitrogen and oxygen atoms in total. The molecule has 1 aliphatic carbocycles. The second-order valence-electron chi connectivity index (χ2n) is 8.60. The van der Waals surface area contributed by atoms with Gasteiger partial charge in [0.15, 0.2) is 5.78 Å². The van der Waals surface area contributed by atoms with E-state index in [2.05, 4.69) is 83.5 Å². The summed E-state index contributed by atoms with van der Waals surface area (Å²) >= 11 is 0. The molecule has 0 aliphatic heterocycles. The van der Waals surface area contributed by atoms with Gasteiger partial charge in [0.1, 0.15) is 0 Å². The van der Waals surface area contributed by atoms with Crippen LogP contribution in [0, 0.1) is 23.7 Å². The summed E-state index contributed by atoms with van der Waals surface area (Å²) in [5.74, 6) is 0.774. The van der Waals surface area contributed by atoms with Gasteiger partial charge >= 0.3 is 0 Å². The summed E-state index contributed by atoms with van der Waals surface area (Å²) in [6.45, 7) is 10.8. The van der Waals surface area contributed by atoms with Crippen molar-refractivity contribution in [2.24, 2.45) is 17.3 Å². The first-order valence-corrected chi connectivity index (χ1v) is 10.2. The van der Waals surface area contributed by atoms with Gasteiger partial charge in [-0.15, -0.1) is 0 Å². The third-order valence-corrected chi connectivity index (χ3v) is 6.24. The van der Waals surface area contributed by atoms with Gasteiger partial charge in [-0.1, -0.05) is 112 Å². The quantitative estimate of drug-likeness (QED) is 0.562. The standard InChI is InChI=1S/C27H31O/c1-20(2)22-13-12-18-27(19-22,21(3)4)25(28)26(5,23-14-8-6-9-15-23)24-16-10-7-11-17-24/h6-21H,1-5H3. The first kappa shape index (κ1) is 20.3. The van der Waals surface area contributed by atoms with Gasteiger partial charge in [0, 0.05) is 6.42 Å². The number of hydrogen-bond acceptors (Lipinski definition) is 1. The van der Waals surface area contributed by atoms with Gasteiger partial charge in [-0.25, -0.2) is 0 Å². The van der Waals surface area contributed by atoms with Gasteiger partial charge in [0.2, 0.25) is 0 Å². The van der Waals surface area contributed by atoms with E-state index in [4.69, 9.17) is 0 Å². The summed E-state index contributed by atoms with van der Waals surface area (Å²) in [6.07, 6.45) is 8.54. The highest BCUT2D eigenvalue weighted by Gasteiger charge is 2.50. The van der Waals surface area contributed by atoms with Crippen molar-refractivity contribution < 1.29 is 4.79 Å². The van der Waals surface area contributed by atoms with Crippen LogP contribution in [0.4, 0.5) is 0 Å². The molecule has 0 bridgehead atoms. The van der Waals surface area contributed by atoms with Gasteiger partial charge < -0.3 is 0 Å². The Morgan fingerprint density at radius 3 is 1.79 bits per heavy atom. The van der Waals surface area contributed by atoms with Crippen LogP contribution in [-0.2, 0) is 10.2 Å². The van der Waals surface area contributed by atoms with Crippen LogP contribution in [0.5, 0.6) is 0 Å². The summed E-state index contributed by atoms with van der Waals surface area (Å²) in [4.78, 5) is 14.4. The highest BCUT2D eigenvalue weighted by Crippen LogP contribution is 2.48. The molecule has 145 valence electrons. The number of carbonyl (C=O) groups excluding carboxylic acids is 1. The van der Waals surface area contributed by atoms with Crippen molar-refractivity contribution in [1.82, 2.24) is 0 Å². The van der Waals surface area contributed by atoms with E-state index in [0.717, 1.165) is 11.1 Å². The number of ketones is 1. The molecule has 0 fully saturated rings. The zero-order valence-electron chi connectivity index (χ0n) is 17.6. The molecule has 2 aromatic carbocycles. The van der Waals surface area contributed by atoms with E-state index in [1.165, 1.54) is 5.57 Å². The van der Waals surface area contributed by atoms with E-state index in [9.17, 15) is 4.79 Å². The molecular weight excluding hydrogens is 340 g/mol. The minimum absolute atomic E-state index is 0.158. The molecule has 1 unspecified atom stereocenters. The van der Waals surface area contributed by atoms with Crippen LogP contribution in [0.25, 0.3) is 0 Å². The second kappa shape index (κ2) is 7.91. The summed E-state index contributed by atoms with van der Waals surface area (Å²) in [7, 11) is 0. The summed E-state index contributed by atoms with van der Waals surface area (Å²) in [5.41, 5.74) is 1.94. The van der Waals surface area contributed by atoms with Crippen LogP contribution >= 0.6 is 0 Å². The largest absolute Gasteiger partial charge is 0.297 e. The number of benzene rings is 2. The van der Waals surface area contributed by atoms with E-state index in [1.54, 1.807) is 0 Å². The lowest BCUT2D eigenvalue weighted by Crippen LogP contribution is -2.48. The Hall–Kier alpha value is -2.41. The maximum absolute atomic E-state index is 14.4. The Kier molecular flexibility index (Phi) is 5.74. The van der Waals surface area contributed by atoms with Crippen molar-refractivity contribution in [2.45, 2.75) is 40.0 Å². The Bertz CT molecular complexity index is 831. The molecule has 0 aromatic heterocycles. The topological polar surface area (TPSA) is 17.1 Å². The average Bonchev–Trinajstić information content (AvgIpc) is 2.73. The van der Waals surface area contributed by atoms with Crippen LogP contribution in [0.15, 0.2) is 84.5 Å². The van der Waals surface area contributed by atoms with Gasteiger partial charge in [-0.3, -0.25) is 4.79 Å². The first-order chi connectivity index (χ1) is 13.3. The highest BCUT2D eigenvalue weighted by atomic mass is 16.1. The van der Waals surface area contributed by atoms with Gasteiger partial charge in [-0.05, 0) is 29.9 Å². The minimum atomic E-state index is -0.729. The van der Waals surface area contributed by atoms with Crippen LogP contribution in [0.3, 0.4) is 0 Å². The Morgan fingerprint density at radius 2 is 1.36 bits per heavy atom. The lowest BCUT2D eigenvalue weighted by atomic mass is 9.57. The molecule has 3 rings (SSSR count). The number of hydrogen-bond donors (Lipinski definition) is 0. The third kappa shape index (κ3) is 3.39. The van der Waals surface area contributed by atoms with Gasteiger partial charge in [0.25, 0.3) is 0 Å². The number of Topliss-reactive ketones (excluding diaryl/α,β-unsaturated/α-hetero) is 1. The maximum Gasteiger partial charge on any atom is 0.158 e. The third-order valence-electron chi connectivity index (χ3n) is 6.24. The zero-order valence-corrected chi connectivity index (χ0v) is 17.6. The van der Waals surface area contributed by atoms with E-state index in [-0.39, 0.29) is 11.7 Å². The van der Waals surface area contributed by atoms with Crippen molar-refractivity contribution in [2.75, 3.05) is 0 Å². The summed E-state index contributed by atoms with van der Waals surface area (Å²) < 4.78 is 0. The lowest BCUT2D eigenvalue weighted by molar-refractivity contribution is -0.130. The minimum Gasteiger partial charge on any atom is -0.297 e. The molecule has 1 radical (unpaired) electrons. The Balaban J connectivity index is 2.19. The molecule has 0 heterocycles. The van der Waals surface area contributed by atoms with Crippen LogP contribution in [0.1, 0.15) is 45.7 Å². The molecule has 0 amide bonds. The van der Waals surface area contributed by atoms with Crippen molar-refractivity contribution in [1.29, 1.82) is 0 Å². The fourth-order valence-electron chi connectivity index (χ4n) is 4.22. The molecule has 0 saturated heterocycles. The number of carbonyl (C=O) groups is 1. The fraction of sp³-hybridized carbons (Fsp3) is 0.333. The average molecular weight is 372 g/mol. The van der Waals surface area contributed by atoms with Crippen molar-refractivity contribution in [3.8, 4) is 0 Å². The molecule has 0 N–H and O–H groups in total. The molecule has 2 aromatic rings. The second-order valence-corrected chi connectivity index (χ2v) is 8.60. The SMILES string of the molecule is CC(C)C1=CC=CC(C(=O)C(C)(c2ccccc2)c2ccccc2)(C(C)C)[CH]1. The Morgan fingerprint density at radius 1 is 0.857 bits per heavy atom. The highest BCUT2D eigenvalue weighted by molar-refractivity contribution is 6.01. The first-order valence-electron chi connectivity index (χ1n) is 10.2. The van der Waals surface area contributed by atoms with Crippen molar-refractivity contribution >= 4 is 5.78 Å². The van der Waals surface area contributed by atoms with Gasteiger partial charge in [-0.2, -0.15) is 0 Å². The smallest absolute Gasteiger partial charge is 0.158 e. The molecule has 28 heavy (non-hydrogen) atoms. The van der Waals surface area contributed by atoms with Crippen molar-refractivity contribution in [3.63, 3.8) is 0 Å². The fourth-order valence-corrected chi connectivity index (χ4v) is 4.22. The van der Waals surface area contributed by atoms with Crippen LogP contribution in [-0.4, -0.2) is 5.78 Å². The molecule has 0 saturated carbocycles. The number of rotatable bonds is 6. The summed E-state index contributed by atoms with van der Waals surface area (Å²) in [5, 5.41) is 0. The molecule has 1 heteroatoms. The van der Waals surface area contributed by atoms with Crippen LogP contribution in [0.2, 0.25) is 0 Å². The van der Waals surface area contributed by atoms with E-state index in [1.807, 2.05) is 36.4 Å². The zero-order chi connectivity index (χ0) is 20.4. The van der Waals surface area contributed by atoms with Crippen molar-refractivity contribution in [3.05, 3.63) is 102 Å². The monoisotopic (exact) mass is 371 g/mol. The Labute approximate surface area is 170 Å². The predicted molar refractivity (Wildman–Crippen MR) is 118 cm³/mol. The number of allylic oxidation sites excluding steroid dienone is 4. The van der Waals surface area contributed by atoms with Gasteiger partial charge in [0.05, 0.1) is 10.8 Å². The van der Waals surface area contributed by atoms with Crippen LogP contribution < -0.4 is 0 Å². The van der Waals surface area contributed by atoms with E-state index < -0.39 is 10.8 Å². The normalized spacial score (nSPS) is 19.8. The molecular formula is C27H31O. The molecule has 0 spiro atoms. The molecule has 1 atom stereocenters.